The molecule has 3 aliphatic rings. The molecule has 1 aromatic carbocycles. The largest absolute Gasteiger partial charge is 0.416 e. The van der Waals surface area contributed by atoms with Gasteiger partial charge >= 0.3 is 6.18 Å². The molecule has 0 radical (unpaired) electrons. The molecule has 0 spiro atoms. The number of carbonyl (C=O) groups excluding carboxylic acids is 2. The summed E-state index contributed by atoms with van der Waals surface area (Å²) in [6, 6.07) is 4.86. The van der Waals surface area contributed by atoms with Crippen molar-refractivity contribution < 1.29 is 22.8 Å². The summed E-state index contributed by atoms with van der Waals surface area (Å²) in [5.41, 5.74) is -0.443. The second-order valence-electron chi connectivity index (χ2n) is 8.94. The Morgan fingerprint density at radius 3 is 1.90 bits per heavy atom. The highest BCUT2D eigenvalue weighted by Crippen LogP contribution is 2.30. The standard InChI is InChI=1S/C23H30F3N3O2/c24-23(25,26)19-5-3-17(4-6-19)21(30)29-15-9-20(10-16-29)27-13-7-18(8-14-27)22(31)28-11-1-2-12-28/h3-6,18,20H,1-2,7-16H2. The third-order valence-electron chi connectivity index (χ3n) is 7.02. The van der Waals surface area contributed by atoms with Gasteiger partial charge < -0.3 is 14.7 Å². The molecular formula is C23H30F3N3O2. The molecular weight excluding hydrogens is 407 g/mol. The van der Waals surface area contributed by atoms with E-state index < -0.39 is 11.7 Å². The molecule has 8 heteroatoms. The van der Waals surface area contributed by atoms with Gasteiger partial charge in [-0.1, -0.05) is 0 Å². The van der Waals surface area contributed by atoms with E-state index in [-0.39, 0.29) is 11.8 Å². The van der Waals surface area contributed by atoms with Gasteiger partial charge in [0.25, 0.3) is 5.91 Å². The number of rotatable bonds is 3. The van der Waals surface area contributed by atoms with Gasteiger partial charge in [0.1, 0.15) is 0 Å². The van der Waals surface area contributed by atoms with Crippen molar-refractivity contribution in [3.63, 3.8) is 0 Å². The normalized spacial score (nSPS) is 22.2. The predicted octanol–water partition coefficient (Wildman–Crippen LogP) is 3.64. The van der Waals surface area contributed by atoms with Crippen LogP contribution in [0, 0.1) is 5.92 Å². The summed E-state index contributed by atoms with van der Waals surface area (Å²) in [5, 5.41) is 0. The van der Waals surface area contributed by atoms with Crippen LogP contribution in [0.2, 0.25) is 0 Å². The Balaban J connectivity index is 1.24. The number of hydrogen-bond acceptors (Lipinski definition) is 3. The van der Waals surface area contributed by atoms with Gasteiger partial charge in [-0.25, -0.2) is 0 Å². The van der Waals surface area contributed by atoms with E-state index in [0.717, 1.165) is 76.8 Å². The highest BCUT2D eigenvalue weighted by Gasteiger charge is 2.34. The van der Waals surface area contributed by atoms with Gasteiger partial charge in [-0.05, 0) is 75.9 Å². The summed E-state index contributed by atoms with van der Waals surface area (Å²) >= 11 is 0. The topological polar surface area (TPSA) is 43.9 Å². The maximum atomic E-state index is 12.7. The Morgan fingerprint density at radius 1 is 0.774 bits per heavy atom. The summed E-state index contributed by atoms with van der Waals surface area (Å²) in [4.78, 5) is 31.5. The Bertz CT molecular complexity index is 774. The molecule has 0 N–H and O–H groups in total. The van der Waals surface area contributed by atoms with E-state index in [4.69, 9.17) is 0 Å². The summed E-state index contributed by atoms with van der Waals surface area (Å²) in [5.74, 6) is 0.270. The molecule has 3 saturated heterocycles. The first-order chi connectivity index (χ1) is 14.8. The summed E-state index contributed by atoms with van der Waals surface area (Å²) < 4.78 is 38.2. The molecule has 0 bridgehead atoms. The molecule has 0 aromatic heterocycles. The predicted molar refractivity (Wildman–Crippen MR) is 110 cm³/mol. The van der Waals surface area contributed by atoms with Gasteiger partial charge in [0.2, 0.25) is 5.91 Å². The zero-order valence-electron chi connectivity index (χ0n) is 17.7. The molecule has 0 unspecified atom stereocenters. The minimum atomic E-state index is -4.40. The van der Waals surface area contributed by atoms with Crippen molar-refractivity contribution in [1.29, 1.82) is 0 Å². The van der Waals surface area contributed by atoms with E-state index in [2.05, 4.69) is 4.90 Å². The van der Waals surface area contributed by atoms with Gasteiger partial charge in [0.15, 0.2) is 0 Å². The van der Waals surface area contributed by atoms with Gasteiger partial charge in [0.05, 0.1) is 5.56 Å². The van der Waals surface area contributed by atoms with Crippen LogP contribution in [0.4, 0.5) is 13.2 Å². The molecule has 5 nitrogen and oxygen atoms in total. The van der Waals surface area contributed by atoms with Gasteiger partial charge in [-0.15, -0.1) is 0 Å². The zero-order chi connectivity index (χ0) is 22.0. The van der Waals surface area contributed by atoms with Gasteiger partial charge in [-0.3, -0.25) is 9.59 Å². The second kappa shape index (κ2) is 9.18. The number of hydrogen-bond donors (Lipinski definition) is 0. The molecule has 1 aromatic rings. The van der Waals surface area contributed by atoms with Crippen LogP contribution >= 0.6 is 0 Å². The number of halogens is 3. The minimum Gasteiger partial charge on any atom is -0.342 e. The van der Waals surface area contributed by atoms with Crippen molar-refractivity contribution in [1.82, 2.24) is 14.7 Å². The van der Waals surface area contributed by atoms with Crippen molar-refractivity contribution in [2.24, 2.45) is 5.92 Å². The molecule has 170 valence electrons. The lowest BCUT2D eigenvalue weighted by molar-refractivity contribution is -0.137. The zero-order valence-corrected chi connectivity index (χ0v) is 17.7. The molecule has 4 rings (SSSR count). The Hall–Kier alpha value is -2.09. The average molecular weight is 438 g/mol. The van der Waals surface area contributed by atoms with Crippen LogP contribution in [0.15, 0.2) is 24.3 Å². The van der Waals surface area contributed by atoms with E-state index in [1.165, 1.54) is 12.1 Å². The van der Waals surface area contributed by atoms with Crippen LogP contribution in [0.25, 0.3) is 0 Å². The Kier molecular flexibility index (Phi) is 6.55. The van der Waals surface area contributed by atoms with E-state index in [0.29, 0.717) is 30.6 Å². The lowest BCUT2D eigenvalue weighted by Crippen LogP contribution is -2.50. The molecule has 0 aliphatic carbocycles. The maximum Gasteiger partial charge on any atom is 0.416 e. The first kappa shape index (κ1) is 22.1. The molecule has 2 amide bonds. The van der Waals surface area contributed by atoms with E-state index in [1.54, 1.807) is 4.90 Å². The van der Waals surface area contributed by atoms with Crippen LogP contribution < -0.4 is 0 Å². The minimum absolute atomic E-state index is 0.149. The number of amides is 2. The number of piperidine rings is 2. The highest BCUT2D eigenvalue weighted by molar-refractivity contribution is 5.94. The van der Waals surface area contributed by atoms with Gasteiger partial charge in [0, 0.05) is 43.7 Å². The van der Waals surface area contributed by atoms with Crippen molar-refractivity contribution in [3.8, 4) is 0 Å². The van der Waals surface area contributed by atoms with Crippen molar-refractivity contribution in [3.05, 3.63) is 35.4 Å². The summed E-state index contributed by atoms with van der Waals surface area (Å²) in [6.07, 6.45) is 1.36. The number of benzene rings is 1. The Labute approximate surface area is 181 Å². The van der Waals surface area contributed by atoms with Crippen LogP contribution in [0.1, 0.15) is 54.4 Å². The van der Waals surface area contributed by atoms with Crippen molar-refractivity contribution >= 4 is 11.8 Å². The molecule has 0 atom stereocenters. The maximum absolute atomic E-state index is 12.7. The third kappa shape index (κ3) is 5.05. The fourth-order valence-corrected chi connectivity index (χ4v) is 5.13. The van der Waals surface area contributed by atoms with E-state index in [9.17, 15) is 22.8 Å². The summed E-state index contributed by atoms with van der Waals surface area (Å²) in [7, 11) is 0. The highest BCUT2D eigenvalue weighted by atomic mass is 19.4. The molecule has 3 heterocycles. The molecule has 3 fully saturated rings. The second-order valence-corrected chi connectivity index (χ2v) is 8.94. The van der Waals surface area contributed by atoms with Crippen molar-refractivity contribution in [2.75, 3.05) is 39.3 Å². The monoisotopic (exact) mass is 437 g/mol. The van der Waals surface area contributed by atoms with Crippen LogP contribution in [0.5, 0.6) is 0 Å². The summed E-state index contributed by atoms with van der Waals surface area (Å²) in [6.45, 7) is 4.87. The fourth-order valence-electron chi connectivity index (χ4n) is 5.13. The average Bonchev–Trinajstić information content (AvgIpc) is 3.33. The number of alkyl halides is 3. The lowest BCUT2D eigenvalue weighted by atomic mass is 9.92. The van der Waals surface area contributed by atoms with Crippen LogP contribution in [-0.4, -0.2) is 71.8 Å². The third-order valence-corrected chi connectivity index (χ3v) is 7.02. The number of nitrogens with zero attached hydrogens (tertiary/aromatic N) is 3. The van der Waals surface area contributed by atoms with Crippen molar-refractivity contribution in [2.45, 2.75) is 50.7 Å². The van der Waals surface area contributed by atoms with E-state index >= 15 is 0 Å². The molecule has 3 aliphatic heterocycles. The van der Waals surface area contributed by atoms with E-state index in [1.807, 2.05) is 4.90 Å². The molecule has 0 saturated carbocycles. The molecule has 31 heavy (non-hydrogen) atoms. The number of carbonyl (C=O) groups is 2. The first-order valence-electron chi connectivity index (χ1n) is 11.3. The van der Waals surface area contributed by atoms with Crippen LogP contribution in [-0.2, 0) is 11.0 Å². The van der Waals surface area contributed by atoms with Gasteiger partial charge in [-0.2, -0.15) is 13.2 Å². The lowest BCUT2D eigenvalue weighted by Gasteiger charge is -2.42. The smallest absolute Gasteiger partial charge is 0.342 e. The quantitative estimate of drug-likeness (QED) is 0.725. The fraction of sp³-hybridized carbons (Fsp3) is 0.652. The van der Waals surface area contributed by atoms with Crippen LogP contribution in [0.3, 0.4) is 0 Å². The SMILES string of the molecule is O=C(c1ccc(C(F)(F)F)cc1)N1CCC(N2CCC(C(=O)N3CCCC3)CC2)CC1. The first-order valence-corrected chi connectivity index (χ1v) is 11.3. The Morgan fingerprint density at radius 2 is 1.35 bits per heavy atom. The number of likely N-dealkylation sites (tertiary alicyclic amines) is 3.